The predicted molar refractivity (Wildman–Crippen MR) is 42.1 cm³/mol. The molecule has 1 rings (SSSR count). The molecular formula is C8H8F3NO2. The molecule has 0 unspecified atom stereocenters. The number of aryl methyl sites for hydroxylation is 1. The number of aromatic hydroxyl groups is 1. The van der Waals surface area contributed by atoms with Crippen LogP contribution in [-0.4, -0.2) is 16.5 Å². The largest absolute Gasteiger partial charge is 0.573 e. The maximum absolute atomic E-state index is 11.8. The molecule has 1 heterocycles. The molecule has 0 aliphatic rings. The molecule has 0 atom stereocenters. The monoisotopic (exact) mass is 207 g/mol. The fourth-order valence-electron chi connectivity index (χ4n) is 0.929. The van der Waals surface area contributed by atoms with Crippen molar-refractivity contribution in [2.45, 2.75) is 20.2 Å². The van der Waals surface area contributed by atoms with Crippen LogP contribution in [0.1, 0.15) is 11.3 Å². The Hall–Kier alpha value is -1.46. The second kappa shape index (κ2) is 3.36. The lowest BCUT2D eigenvalue weighted by Gasteiger charge is -2.12. The third-order valence-electron chi connectivity index (χ3n) is 1.67. The van der Waals surface area contributed by atoms with Gasteiger partial charge >= 0.3 is 6.36 Å². The Bertz CT molecular complexity index is 349. The van der Waals surface area contributed by atoms with Crippen LogP contribution in [0, 0.1) is 13.8 Å². The molecule has 0 aromatic carbocycles. The fourth-order valence-corrected chi connectivity index (χ4v) is 0.929. The van der Waals surface area contributed by atoms with Crippen LogP contribution in [0.15, 0.2) is 6.20 Å². The minimum Gasteiger partial charge on any atom is -0.506 e. The Kier molecular flexibility index (Phi) is 2.55. The van der Waals surface area contributed by atoms with Crippen molar-refractivity contribution in [2.24, 2.45) is 0 Å². The Morgan fingerprint density at radius 1 is 1.36 bits per heavy atom. The Morgan fingerprint density at radius 2 is 1.93 bits per heavy atom. The Morgan fingerprint density at radius 3 is 2.43 bits per heavy atom. The summed E-state index contributed by atoms with van der Waals surface area (Å²) in [7, 11) is 0. The smallest absolute Gasteiger partial charge is 0.506 e. The quantitative estimate of drug-likeness (QED) is 0.768. The lowest BCUT2D eigenvalue weighted by Crippen LogP contribution is -2.18. The molecule has 0 aliphatic heterocycles. The van der Waals surface area contributed by atoms with Crippen molar-refractivity contribution in [1.29, 1.82) is 0 Å². The molecule has 1 aromatic heterocycles. The van der Waals surface area contributed by atoms with Gasteiger partial charge in [-0.15, -0.1) is 13.2 Å². The molecule has 1 N–H and O–H groups in total. The van der Waals surface area contributed by atoms with Crippen LogP contribution < -0.4 is 4.74 Å². The maximum atomic E-state index is 11.8. The zero-order valence-electron chi connectivity index (χ0n) is 7.51. The molecule has 14 heavy (non-hydrogen) atoms. The third-order valence-corrected chi connectivity index (χ3v) is 1.67. The standard InChI is InChI=1S/C8H8F3NO2/c1-4-6(14-8(9,10)11)3-12-5(2)7(4)13/h3,13H,1-2H3. The first-order chi connectivity index (χ1) is 6.31. The van der Waals surface area contributed by atoms with Crippen LogP contribution in [0.5, 0.6) is 11.5 Å². The highest BCUT2D eigenvalue weighted by molar-refractivity contribution is 5.43. The van der Waals surface area contributed by atoms with Gasteiger partial charge < -0.3 is 9.84 Å². The first-order valence-electron chi connectivity index (χ1n) is 3.72. The van der Waals surface area contributed by atoms with Crippen LogP contribution in [0.4, 0.5) is 13.2 Å². The van der Waals surface area contributed by atoms with E-state index in [2.05, 4.69) is 9.72 Å². The molecule has 3 nitrogen and oxygen atoms in total. The van der Waals surface area contributed by atoms with E-state index in [-0.39, 0.29) is 17.0 Å². The Balaban J connectivity index is 3.06. The molecule has 0 spiro atoms. The third kappa shape index (κ3) is 2.27. The molecule has 0 aliphatic carbocycles. The molecule has 0 radical (unpaired) electrons. The molecule has 78 valence electrons. The lowest BCUT2D eigenvalue weighted by molar-refractivity contribution is -0.275. The summed E-state index contributed by atoms with van der Waals surface area (Å²) < 4.78 is 39.1. The van der Waals surface area contributed by atoms with Crippen LogP contribution in [0.25, 0.3) is 0 Å². The average molecular weight is 207 g/mol. The van der Waals surface area contributed by atoms with Gasteiger partial charge in [-0.2, -0.15) is 0 Å². The van der Waals surface area contributed by atoms with Crippen LogP contribution in [-0.2, 0) is 0 Å². The number of hydrogen-bond donors (Lipinski definition) is 1. The van der Waals surface area contributed by atoms with E-state index in [4.69, 9.17) is 0 Å². The van der Waals surface area contributed by atoms with Gasteiger partial charge in [0, 0.05) is 5.56 Å². The van der Waals surface area contributed by atoms with Crippen LogP contribution >= 0.6 is 0 Å². The van der Waals surface area contributed by atoms with E-state index in [1.807, 2.05) is 0 Å². The molecule has 1 aromatic rings. The number of alkyl halides is 3. The second-order valence-corrected chi connectivity index (χ2v) is 2.73. The number of ether oxygens (including phenoxy) is 1. The van der Waals surface area contributed by atoms with Crippen molar-refractivity contribution in [3.05, 3.63) is 17.5 Å². The first-order valence-corrected chi connectivity index (χ1v) is 3.72. The van der Waals surface area contributed by atoms with E-state index < -0.39 is 12.1 Å². The summed E-state index contributed by atoms with van der Waals surface area (Å²) in [5.74, 6) is -0.771. The SMILES string of the molecule is Cc1ncc(OC(F)(F)F)c(C)c1O. The van der Waals surface area contributed by atoms with Crippen molar-refractivity contribution in [3.63, 3.8) is 0 Å². The summed E-state index contributed by atoms with van der Waals surface area (Å²) in [6.07, 6.45) is -3.84. The number of halogens is 3. The van der Waals surface area contributed by atoms with E-state index in [0.717, 1.165) is 6.20 Å². The number of hydrogen-bond acceptors (Lipinski definition) is 3. The highest BCUT2D eigenvalue weighted by atomic mass is 19.4. The van der Waals surface area contributed by atoms with Gasteiger partial charge in [-0.3, -0.25) is 4.98 Å². The number of nitrogens with zero attached hydrogens (tertiary/aromatic N) is 1. The summed E-state index contributed by atoms with van der Waals surface area (Å²) in [6, 6.07) is 0. The van der Waals surface area contributed by atoms with Gasteiger partial charge in [-0.05, 0) is 13.8 Å². The molecule has 0 fully saturated rings. The predicted octanol–water partition coefficient (Wildman–Crippen LogP) is 2.30. The zero-order valence-corrected chi connectivity index (χ0v) is 7.51. The number of pyridine rings is 1. The summed E-state index contributed by atoms with van der Waals surface area (Å²) in [6.45, 7) is 2.81. The lowest BCUT2D eigenvalue weighted by atomic mass is 10.2. The van der Waals surface area contributed by atoms with Crippen LogP contribution in [0.3, 0.4) is 0 Å². The summed E-state index contributed by atoms with van der Waals surface area (Å²) in [5, 5.41) is 9.27. The molecule has 0 saturated heterocycles. The molecule has 0 bridgehead atoms. The summed E-state index contributed by atoms with van der Waals surface area (Å²) in [4.78, 5) is 3.55. The molecule has 6 heteroatoms. The highest BCUT2D eigenvalue weighted by Gasteiger charge is 2.32. The normalized spacial score (nSPS) is 11.5. The zero-order chi connectivity index (χ0) is 10.9. The molecule has 0 saturated carbocycles. The van der Waals surface area contributed by atoms with Crippen molar-refractivity contribution < 1.29 is 23.0 Å². The van der Waals surface area contributed by atoms with E-state index >= 15 is 0 Å². The topological polar surface area (TPSA) is 42.4 Å². The van der Waals surface area contributed by atoms with Crippen molar-refractivity contribution >= 4 is 0 Å². The van der Waals surface area contributed by atoms with Gasteiger partial charge in [-0.1, -0.05) is 0 Å². The highest BCUT2D eigenvalue weighted by Crippen LogP contribution is 2.31. The minimum atomic E-state index is -4.77. The number of rotatable bonds is 1. The maximum Gasteiger partial charge on any atom is 0.573 e. The Labute approximate surface area is 78.2 Å². The van der Waals surface area contributed by atoms with Gasteiger partial charge in [-0.25, -0.2) is 0 Å². The van der Waals surface area contributed by atoms with E-state index in [1.165, 1.54) is 13.8 Å². The minimum absolute atomic E-state index is 0.0230. The second-order valence-electron chi connectivity index (χ2n) is 2.73. The van der Waals surface area contributed by atoms with E-state index in [0.29, 0.717) is 0 Å². The van der Waals surface area contributed by atoms with E-state index in [9.17, 15) is 18.3 Å². The average Bonchev–Trinajstić information content (AvgIpc) is 2.04. The first kappa shape index (κ1) is 10.6. The molecule has 0 amide bonds. The van der Waals surface area contributed by atoms with Crippen molar-refractivity contribution in [2.75, 3.05) is 0 Å². The summed E-state index contributed by atoms with van der Waals surface area (Å²) >= 11 is 0. The van der Waals surface area contributed by atoms with Crippen LogP contribution in [0.2, 0.25) is 0 Å². The van der Waals surface area contributed by atoms with Gasteiger partial charge in [0.25, 0.3) is 0 Å². The number of aromatic nitrogens is 1. The van der Waals surface area contributed by atoms with Gasteiger partial charge in [0.05, 0.1) is 11.9 Å². The summed E-state index contributed by atoms with van der Waals surface area (Å²) in [5.41, 5.74) is 0.284. The van der Waals surface area contributed by atoms with Gasteiger partial charge in [0.15, 0.2) is 5.75 Å². The van der Waals surface area contributed by atoms with Crippen molar-refractivity contribution in [1.82, 2.24) is 4.98 Å². The van der Waals surface area contributed by atoms with E-state index in [1.54, 1.807) is 0 Å². The molecular weight excluding hydrogens is 199 g/mol. The van der Waals surface area contributed by atoms with Crippen molar-refractivity contribution in [3.8, 4) is 11.5 Å². The fraction of sp³-hybridized carbons (Fsp3) is 0.375. The van der Waals surface area contributed by atoms with Gasteiger partial charge in [0.1, 0.15) is 5.75 Å². The van der Waals surface area contributed by atoms with Gasteiger partial charge in [0.2, 0.25) is 0 Å².